The van der Waals surface area contributed by atoms with Gasteiger partial charge in [-0.2, -0.15) is 0 Å². The maximum atomic E-state index is 13.4. The fraction of sp³-hybridized carbons (Fsp3) is 0.400. The molecule has 33 heavy (non-hydrogen) atoms. The number of unbranched alkanes of at least 4 members (excludes halogenated alkanes) is 2. The molecule has 0 atom stereocenters. The number of rotatable bonds is 9. The van der Waals surface area contributed by atoms with Gasteiger partial charge in [-0.1, -0.05) is 98.9 Å². The van der Waals surface area contributed by atoms with Crippen LogP contribution < -0.4 is 0 Å². The zero-order valence-corrected chi connectivity index (χ0v) is 20.8. The molecule has 3 heteroatoms. The Balaban J connectivity index is 1.29. The molecule has 0 unspecified atom stereocenters. The van der Waals surface area contributed by atoms with E-state index in [-0.39, 0.29) is 8.80 Å². The zero-order chi connectivity index (χ0) is 23.0. The summed E-state index contributed by atoms with van der Waals surface area (Å²) >= 11 is 0. The second-order valence-corrected chi connectivity index (χ2v) is 12.5. The van der Waals surface area contributed by atoms with Gasteiger partial charge in [0.05, 0.1) is 0 Å². The molecule has 1 saturated heterocycles. The van der Waals surface area contributed by atoms with Crippen molar-refractivity contribution in [2.75, 3.05) is 0 Å². The summed E-state index contributed by atoms with van der Waals surface area (Å²) < 4.78 is 26.5. The van der Waals surface area contributed by atoms with Crippen molar-refractivity contribution in [3.8, 4) is 11.1 Å². The Morgan fingerprint density at radius 2 is 1.33 bits per heavy atom. The maximum Gasteiger partial charge on any atom is 0.159 e. The minimum atomic E-state index is -0.787. The van der Waals surface area contributed by atoms with Gasteiger partial charge in [0, 0.05) is 8.80 Å². The predicted octanol–water partition coefficient (Wildman–Crippen LogP) is 8.98. The highest BCUT2D eigenvalue weighted by Crippen LogP contribution is 2.36. The molecule has 0 aromatic heterocycles. The summed E-state index contributed by atoms with van der Waals surface area (Å²) in [6, 6.07) is 26.5. The molecule has 173 valence electrons. The third-order valence-electron chi connectivity index (χ3n) is 7.18. The number of halogens is 2. The largest absolute Gasteiger partial charge is 0.204 e. The second-order valence-electron chi connectivity index (χ2n) is 9.55. The fourth-order valence-electron chi connectivity index (χ4n) is 5.03. The van der Waals surface area contributed by atoms with E-state index in [0.717, 1.165) is 17.9 Å². The van der Waals surface area contributed by atoms with Crippen molar-refractivity contribution in [3.63, 3.8) is 0 Å². The van der Waals surface area contributed by atoms with E-state index in [1.165, 1.54) is 84.6 Å². The van der Waals surface area contributed by atoms with Crippen molar-refractivity contribution in [2.45, 2.75) is 75.9 Å². The molecule has 1 aliphatic heterocycles. The van der Waals surface area contributed by atoms with E-state index in [1.54, 1.807) is 6.07 Å². The monoisotopic (exact) mass is 461 g/mol. The van der Waals surface area contributed by atoms with Crippen molar-refractivity contribution in [1.82, 2.24) is 0 Å². The van der Waals surface area contributed by atoms with Crippen LogP contribution in [0.1, 0.15) is 61.6 Å². The minimum Gasteiger partial charge on any atom is -0.204 e. The summed E-state index contributed by atoms with van der Waals surface area (Å²) in [6.45, 7) is 2.30. The highest BCUT2D eigenvalue weighted by molar-refractivity contribution is 6.59. The van der Waals surface area contributed by atoms with Crippen molar-refractivity contribution in [1.29, 1.82) is 0 Å². The van der Waals surface area contributed by atoms with Crippen LogP contribution in [0.2, 0.25) is 18.1 Å². The van der Waals surface area contributed by atoms with Crippen molar-refractivity contribution < 1.29 is 8.78 Å². The van der Waals surface area contributed by atoms with Crippen LogP contribution in [0, 0.1) is 11.6 Å². The molecular weight excluding hydrogens is 426 g/mol. The van der Waals surface area contributed by atoms with Gasteiger partial charge in [-0.15, -0.1) is 0 Å². The molecule has 0 saturated carbocycles. The van der Waals surface area contributed by atoms with E-state index in [9.17, 15) is 8.78 Å². The van der Waals surface area contributed by atoms with Crippen LogP contribution >= 0.6 is 0 Å². The van der Waals surface area contributed by atoms with Crippen molar-refractivity contribution in [3.05, 3.63) is 95.1 Å². The molecule has 3 aromatic rings. The fourth-order valence-corrected chi connectivity index (χ4v) is 8.04. The van der Waals surface area contributed by atoms with Gasteiger partial charge in [0.2, 0.25) is 0 Å². The molecule has 0 bridgehead atoms. The molecule has 0 amide bonds. The van der Waals surface area contributed by atoms with Gasteiger partial charge >= 0.3 is 0 Å². The van der Waals surface area contributed by atoms with Crippen LogP contribution in [-0.4, -0.2) is 8.80 Å². The molecule has 0 spiro atoms. The molecule has 1 aliphatic rings. The quantitative estimate of drug-likeness (QED) is 0.220. The van der Waals surface area contributed by atoms with Crippen LogP contribution in [0.25, 0.3) is 11.1 Å². The van der Waals surface area contributed by atoms with E-state index < -0.39 is 11.6 Å². The third kappa shape index (κ3) is 6.63. The lowest BCUT2D eigenvalue weighted by molar-refractivity contribution is 0.507. The van der Waals surface area contributed by atoms with Crippen molar-refractivity contribution in [2.24, 2.45) is 0 Å². The Morgan fingerprint density at radius 1 is 0.727 bits per heavy atom. The third-order valence-corrected chi connectivity index (χ3v) is 10.2. The Morgan fingerprint density at radius 3 is 1.97 bits per heavy atom. The Labute approximate surface area is 199 Å². The van der Waals surface area contributed by atoms with E-state index in [0.29, 0.717) is 6.42 Å². The standard InChI is InChI=1S/C30H35F2Si/c1-2-3-4-19-33-20-17-28(18-21-33)27-14-12-26(13-15-27)25-10-7-23(8-11-25)5-6-24-9-16-29(31)30(32)22-24/h7-16,22,28H,2-6,17-21H2,1H3. The lowest BCUT2D eigenvalue weighted by Gasteiger charge is -2.28. The van der Waals surface area contributed by atoms with Gasteiger partial charge in [0.15, 0.2) is 11.6 Å². The molecule has 1 heterocycles. The molecule has 3 aromatic carbocycles. The summed E-state index contributed by atoms with van der Waals surface area (Å²) in [5.74, 6) is -0.809. The van der Waals surface area contributed by atoms with E-state index in [2.05, 4.69) is 55.5 Å². The molecule has 4 rings (SSSR count). The Bertz CT molecular complexity index is 1000. The highest BCUT2D eigenvalue weighted by Gasteiger charge is 2.23. The second kappa shape index (κ2) is 11.7. The van der Waals surface area contributed by atoms with Crippen LogP contribution in [0.5, 0.6) is 0 Å². The van der Waals surface area contributed by atoms with E-state index in [4.69, 9.17) is 0 Å². The van der Waals surface area contributed by atoms with Crippen LogP contribution in [0.4, 0.5) is 8.78 Å². The van der Waals surface area contributed by atoms with Gasteiger partial charge in [-0.05, 0) is 71.6 Å². The average molecular weight is 462 g/mol. The minimum absolute atomic E-state index is 0.0764. The average Bonchev–Trinajstić information content (AvgIpc) is 2.86. The van der Waals surface area contributed by atoms with Gasteiger partial charge < -0.3 is 0 Å². The van der Waals surface area contributed by atoms with E-state index in [1.807, 2.05) is 0 Å². The van der Waals surface area contributed by atoms with Crippen LogP contribution in [-0.2, 0) is 12.8 Å². The summed E-state index contributed by atoms with van der Waals surface area (Å²) in [7, 11) is -0.0764. The lowest BCUT2D eigenvalue weighted by Crippen LogP contribution is -2.20. The maximum absolute atomic E-state index is 13.4. The zero-order valence-electron chi connectivity index (χ0n) is 19.8. The summed E-state index contributed by atoms with van der Waals surface area (Å²) in [6.07, 6.45) is 8.48. The van der Waals surface area contributed by atoms with Gasteiger partial charge in [-0.3, -0.25) is 0 Å². The first-order valence-corrected chi connectivity index (χ1v) is 14.7. The first-order valence-electron chi connectivity index (χ1n) is 12.6. The molecule has 1 radical (unpaired) electrons. The Hall–Kier alpha value is -2.26. The van der Waals surface area contributed by atoms with Crippen LogP contribution in [0.3, 0.4) is 0 Å². The molecule has 0 aliphatic carbocycles. The number of hydrogen-bond acceptors (Lipinski definition) is 0. The van der Waals surface area contributed by atoms with Crippen LogP contribution in [0.15, 0.2) is 66.7 Å². The number of benzene rings is 3. The lowest BCUT2D eigenvalue weighted by atomic mass is 9.91. The number of hydrogen-bond donors (Lipinski definition) is 0. The van der Waals surface area contributed by atoms with Gasteiger partial charge in [0.1, 0.15) is 0 Å². The van der Waals surface area contributed by atoms with Gasteiger partial charge in [-0.25, -0.2) is 8.78 Å². The Kier molecular flexibility index (Phi) is 8.50. The van der Waals surface area contributed by atoms with Gasteiger partial charge in [0.25, 0.3) is 0 Å². The first-order chi connectivity index (χ1) is 16.1. The molecule has 1 fully saturated rings. The van der Waals surface area contributed by atoms with E-state index >= 15 is 0 Å². The summed E-state index contributed by atoms with van der Waals surface area (Å²) in [5, 5.41) is 0. The molecular formula is C30H35F2Si. The SMILES string of the molecule is CCCCC[Si]1CCC(c2ccc(-c3ccc(CCc4ccc(F)c(F)c4)cc3)cc2)CC1. The smallest absolute Gasteiger partial charge is 0.159 e. The number of aryl methyl sites for hydroxylation is 2. The first kappa shape index (κ1) is 23.9. The van der Waals surface area contributed by atoms with Crippen molar-refractivity contribution >= 4 is 8.80 Å². The highest BCUT2D eigenvalue weighted by atomic mass is 28.3. The summed E-state index contributed by atoms with van der Waals surface area (Å²) in [4.78, 5) is 0. The topological polar surface area (TPSA) is 0 Å². The summed E-state index contributed by atoms with van der Waals surface area (Å²) in [5.41, 5.74) is 6.02. The molecule has 0 N–H and O–H groups in total. The predicted molar refractivity (Wildman–Crippen MR) is 137 cm³/mol. The molecule has 0 nitrogen and oxygen atoms in total. The normalized spacial score (nSPS) is 15.1.